The van der Waals surface area contributed by atoms with Gasteiger partial charge in [0.15, 0.2) is 0 Å². The van der Waals surface area contributed by atoms with E-state index in [4.69, 9.17) is 9.84 Å². The van der Waals surface area contributed by atoms with E-state index in [1.807, 2.05) is 20.8 Å². The van der Waals surface area contributed by atoms with Gasteiger partial charge < -0.3 is 9.84 Å². The summed E-state index contributed by atoms with van der Waals surface area (Å²) in [4.78, 5) is 11.8. The molecule has 2 atom stereocenters. The van der Waals surface area contributed by atoms with Gasteiger partial charge in [-0.15, -0.1) is 0 Å². The minimum atomic E-state index is -0.267. The first-order valence-corrected chi connectivity index (χ1v) is 6.58. The van der Waals surface area contributed by atoms with E-state index in [1.54, 1.807) is 0 Å². The van der Waals surface area contributed by atoms with Crippen molar-refractivity contribution >= 4 is 5.97 Å². The highest BCUT2D eigenvalue weighted by atomic mass is 16.5. The molecule has 0 spiro atoms. The van der Waals surface area contributed by atoms with Gasteiger partial charge in [-0.3, -0.25) is 10.1 Å². The molecule has 0 aliphatic heterocycles. The summed E-state index contributed by atoms with van der Waals surface area (Å²) < 4.78 is 5.06. The molecular weight excluding hydrogens is 218 g/mol. The molecular formula is C13H27NO3. The molecule has 102 valence electrons. The zero-order valence-electron chi connectivity index (χ0n) is 11.6. The van der Waals surface area contributed by atoms with Gasteiger partial charge >= 0.3 is 5.97 Å². The SMILES string of the molecule is CCCC(NC(C)(CC)CCO)C(=O)OCC. The van der Waals surface area contributed by atoms with Crippen molar-refractivity contribution in [2.45, 2.75) is 65.0 Å². The molecule has 0 aliphatic carbocycles. The second kappa shape index (κ2) is 8.48. The number of esters is 1. The molecule has 4 heteroatoms. The fourth-order valence-electron chi connectivity index (χ4n) is 1.80. The highest BCUT2D eigenvalue weighted by Crippen LogP contribution is 2.16. The third-order valence-corrected chi connectivity index (χ3v) is 3.12. The number of nitrogens with one attached hydrogen (secondary N) is 1. The zero-order chi connectivity index (χ0) is 13.3. The van der Waals surface area contributed by atoms with Crippen LogP contribution < -0.4 is 5.32 Å². The summed E-state index contributed by atoms with van der Waals surface area (Å²) in [6.45, 7) is 8.47. The van der Waals surface area contributed by atoms with E-state index in [2.05, 4.69) is 12.2 Å². The van der Waals surface area contributed by atoms with Crippen LogP contribution >= 0.6 is 0 Å². The molecule has 0 radical (unpaired) electrons. The lowest BCUT2D eigenvalue weighted by Crippen LogP contribution is -2.52. The third-order valence-electron chi connectivity index (χ3n) is 3.12. The number of aliphatic hydroxyl groups is 1. The summed E-state index contributed by atoms with van der Waals surface area (Å²) in [5.74, 6) is -0.188. The van der Waals surface area contributed by atoms with Crippen LogP contribution in [0.5, 0.6) is 0 Å². The standard InChI is InChI=1S/C13H27NO3/c1-5-8-11(12(16)17-7-3)14-13(4,6-2)9-10-15/h11,14-15H,5-10H2,1-4H3. The van der Waals surface area contributed by atoms with E-state index in [9.17, 15) is 4.79 Å². The monoisotopic (exact) mass is 245 g/mol. The largest absolute Gasteiger partial charge is 0.465 e. The van der Waals surface area contributed by atoms with Crippen molar-refractivity contribution < 1.29 is 14.6 Å². The van der Waals surface area contributed by atoms with Crippen molar-refractivity contribution in [3.63, 3.8) is 0 Å². The Morgan fingerprint density at radius 3 is 2.47 bits per heavy atom. The quantitative estimate of drug-likeness (QED) is 0.609. The molecule has 17 heavy (non-hydrogen) atoms. The van der Waals surface area contributed by atoms with E-state index in [1.165, 1.54) is 0 Å². The minimum absolute atomic E-state index is 0.124. The summed E-state index contributed by atoms with van der Waals surface area (Å²) in [5, 5.41) is 12.4. The highest BCUT2D eigenvalue weighted by molar-refractivity contribution is 5.75. The molecule has 0 aliphatic rings. The highest BCUT2D eigenvalue weighted by Gasteiger charge is 2.28. The first-order valence-electron chi connectivity index (χ1n) is 6.58. The normalized spacial score (nSPS) is 16.3. The van der Waals surface area contributed by atoms with Gasteiger partial charge in [0.25, 0.3) is 0 Å². The van der Waals surface area contributed by atoms with Crippen LogP contribution in [0, 0.1) is 0 Å². The van der Waals surface area contributed by atoms with E-state index < -0.39 is 0 Å². The molecule has 2 unspecified atom stereocenters. The van der Waals surface area contributed by atoms with E-state index >= 15 is 0 Å². The molecule has 0 fully saturated rings. The van der Waals surface area contributed by atoms with Gasteiger partial charge in [-0.1, -0.05) is 20.3 Å². The number of carbonyl (C=O) groups is 1. The second-order valence-corrected chi connectivity index (χ2v) is 4.63. The number of ether oxygens (including phenoxy) is 1. The first-order chi connectivity index (χ1) is 8.02. The Hall–Kier alpha value is -0.610. The molecule has 0 aromatic carbocycles. The maximum absolute atomic E-state index is 11.8. The van der Waals surface area contributed by atoms with Gasteiger partial charge in [-0.2, -0.15) is 0 Å². The van der Waals surface area contributed by atoms with Crippen molar-refractivity contribution in [2.75, 3.05) is 13.2 Å². The van der Waals surface area contributed by atoms with Crippen molar-refractivity contribution in [2.24, 2.45) is 0 Å². The molecule has 0 heterocycles. The summed E-state index contributed by atoms with van der Waals surface area (Å²) >= 11 is 0. The number of carbonyl (C=O) groups excluding carboxylic acids is 1. The third kappa shape index (κ3) is 6.03. The topological polar surface area (TPSA) is 58.6 Å². The van der Waals surface area contributed by atoms with Gasteiger partial charge in [0.2, 0.25) is 0 Å². The average Bonchev–Trinajstić information content (AvgIpc) is 2.29. The van der Waals surface area contributed by atoms with Crippen molar-refractivity contribution in [1.82, 2.24) is 5.32 Å². The lowest BCUT2D eigenvalue weighted by atomic mass is 9.93. The van der Waals surface area contributed by atoms with Crippen LogP contribution in [0.4, 0.5) is 0 Å². The van der Waals surface area contributed by atoms with Crippen LogP contribution in [0.1, 0.15) is 53.4 Å². The summed E-state index contributed by atoms with van der Waals surface area (Å²) in [6.07, 6.45) is 3.20. The molecule has 0 saturated carbocycles. The predicted molar refractivity (Wildman–Crippen MR) is 68.9 cm³/mol. The number of aliphatic hydroxyl groups excluding tert-OH is 1. The predicted octanol–water partition coefficient (Wildman–Crippen LogP) is 1.86. The van der Waals surface area contributed by atoms with Crippen LogP contribution in [-0.2, 0) is 9.53 Å². The van der Waals surface area contributed by atoms with Gasteiger partial charge in [0.05, 0.1) is 6.61 Å². The Labute approximate surface area is 105 Å². The van der Waals surface area contributed by atoms with E-state index in [-0.39, 0.29) is 24.2 Å². The fraction of sp³-hybridized carbons (Fsp3) is 0.923. The maximum atomic E-state index is 11.8. The Kier molecular flexibility index (Phi) is 8.17. The van der Waals surface area contributed by atoms with Crippen LogP contribution in [0.15, 0.2) is 0 Å². The van der Waals surface area contributed by atoms with E-state index in [0.717, 1.165) is 19.3 Å². The molecule has 0 bridgehead atoms. The van der Waals surface area contributed by atoms with Gasteiger partial charge in [-0.25, -0.2) is 0 Å². The Morgan fingerprint density at radius 2 is 2.06 bits per heavy atom. The fourth-order valence-corrected chi connectivity index (χ4v) is 1.80. The molecule has 0 rings (SSSR count). The molecule has 0 aromatic rings. The lowest BCUT2D eigenvalue weighted by Gasteiger charge is -2.33. The average molecular weight is 245 g/mol. The van der Waals surface area contributed by atoms with Gasteiger partial charge in [-0.05, 0) is 33.1 Å². The van der Waals surface area contributed by atoms with Crippen molar-refractivity contribution in [3.8, 4) is 0 Å². The molecule has 2 N–H and O–H groups in total. The molecule has 4 nitrogen and oxygen atoms in total. The molecule has 0 saturated heterocycles. The second-order valence-electron chi connectivity index (χ2n) is 4.63. The Bertz CT molecular complexity index is 221. The van der Waals surface area contributed by atoms with Gasteiger partial charge in [0.1, 0.15) is 6.04 Å². The summed E-state index contributed by atoms with van der Waals surface area (Å²) in [6, 6.07) is -0.267. The number of rotatable bonds is 9. The summed E-state index contributed by atoms with van der Waals surface area (Å²) in [7, 11) is 0. The smallest absolute Gasteiger partial charge is 0.323 e. The number of hydrogen-bond acceptors (Lipinski definition) is 4. The van der Waals surface area contributed by atoms with Crippen LogP contribution in [0.25, 0.3) is 0 Å². The van der Waals surface area contributed by atoms with Crippen molar-refractivity contribution in [3.05, 3.63) is 0 Å². The lowest BCUT2D eigenvalue weighted by molar-refractivity contribution is -0.146. The molecule has 0 aromatic heterocycles. The van der Waals surface area contributed by atoms with Crippen molar-refractivity contribution in [1.29, 1.82) is 0 Å². The van der Waals surface area contributed by atoms with Crippen LogP contribution in [0.2, 0.25) is 0 Å². The number of hydrogen-bond donors (Lipinski definition) is 2. The Balaban J connectivity index is 4.54. The van der Waals surface area contributed by atoms with Crippen LogP contribution in [-0.4, -0.2) is 35.9 Å². The first kappa shape index (κ1) is 16.4. The maximum Gasteiger partial charge on any atom is 0.323 e. The zero-order valence-corrected chi connectivity index (χ0v) is 11.6. The molecule has 0 amide bonds. The van der Waals surface area contributed by atoms with E-state index in [0.29, 0.717) is 13.0 Å². The Morgan fingerprint density at radius 1 is 1.41 bits per heavy atom. The minimum Gasteiger partial charge on any atom is -0.465 e. The van der Waals surface area contributed by atoms with Gasteiger partial charge in [0, 0.05) is 12.1 Å². The summed E-state index contributed by atoms with van der Waals surface area (Å²) in [5.41, 5.74) is -0.207. The van der Waals surface area contributed by atoms with Crippen LogP contribution in [0.3, 0.4) is 0 Å².